The molecule has 0 aliphatic heterocycles. The highest BCUT2D eigenvalue weighted by atomic mass is 16.6. The Morgan fingerprint density at radius 2 is 0.677 bits per heavy atom. The maximum absolute atomic E-state index is 12.8. The molecule has 0 aromatic heterocycles. The van der Waals surface area contributed by atoms with Crippen molar-refractivity contribution in [1.82, 2.24) is 0 Å². The summed E-state index contributed by atoms with van der Waals surface area (Å²) < 4.78 is 16.7. The quantitative estimate of drug-likeness (QED) is 0.0263. The minimum atomic E-state index is -0.814. The van der Waals surface area contributed by atoms with Gasteiger partial charge in [0, 0.05) is 19.3 Å². The molecule has 1 unspecified atom stereocenters. The monoisotopic (exact) mass is 863 g/mol. The zero-order valence-electron chi connectivity index (χ0n) is 40.4. The van der Waals surface area contributed by atoms with Crippen molar-refractivity contribution in [1.29, 1.82) is 0 Å². The molecule has 0 aromatic carbocycles. The van der Waals surface area contributed by atoms with Crippen molar-refractivity contribution in [2.45, 2.75) is 239 Å². The van der Waals surface area contributed by atoms with E-state index in [-0.39, 0.29) is 37.5 Å². The summed E-state index contributed by atoms with van der Waals surface area (Å²) in [5.74, 6) is -1.03. The number of allylic oxidation sites excluding steroid dienone is 14. The molecule has 0 amide bonds. The Hall–Kier alpha value is -3.41. The number of unbranched alkanes of at least 4 members (excludes halogenated alkanes) is 20. The number of ether oxygens (including phenoxy) is 3. The Morgan fingerprint density at radius 3 is 1.13 bits per heavy atom. The van der Waals surface area contributed by atoms with Crippen molar-refractivity contribution in [3.63, 3.8) is 0 Å². The molecule has 0 rings (SSSR count). The predicted octanol–water partition coefficient (Wildman–Crippen LogP) is 16.8. The third kappa shape index (κ3) is 47.6. The van der Waals surface area contributed by atoms with E-state index in [9.17, 15) is 14.4 Å². The molecule has 354 valence electrons. The van der Waals surface area contributed by atoms with Crippen LogP contribution in [0.3, 0.4) is 0 Å². The molecule has 0 heterocycles. The summed E-state index contributed by atoms with van der Waals surface area (Å²) in [5.41, 5.74) is 0. The van der Waals surface area contributed by atoms with Gasteiger partial charge in [0.25, 0.3) is 0 Å². The second kappa shape index (κ2) is 50.2. The van der Waals surface area contributed by atoms with E-state index in [1.54, 1.807) is 0 Å². The van der Waals surface area contributed by atoms with Crippen LogP contribution in [0.25, 0.3) is 0 Å². The van der Waals surface area contributed by atoms with Gasteiger partial charge in [-0.1, -0.05) is 221 Å². The number of rotatable bonds is 45. The maximum Gasteiger partial charge on any atom is 0.306 e. The molecule has 0 aliphatic rings. The first-order valence-corrected chi connectivity index (χ1v) is 25.6. The molecule has 0 saturated carbocycles. The molecule has 0 bridgehead atoms. The maximum atomic E-state index is 12.8. The van der Waals surface area contributed by atoms with Gasteiger partial charge in [-0.15, -0.1) is 0 Å². The Bertz CT molecular complexity index is 1220. The average molecular weight is 863 g/mol. The van der Waals surface area contributed by atoms with E-state index in [1.807, 2.05) is 12.2 Å². The van der Waals surface area contributed by atoms with Crippen LogP contribution in [0.15, 0.2) is 85.1 Å². The third-order valence-electron chi connectivity index (χ3n) is 10.6. The lowest BCUT2D eigenvalue weighted by atomic mass is 10.0. The summed E-state index contributed by atoms with van der Waals surface area (Å²) in [6, 6.07) is 0. The number of carbonyl (C=O) groups is 3. The van der Waals surface area contributed by atoms with Gasteiger partial charge in [0.1, 0.15) is 13.2 Å². The number of hydrogen-bond donors (Lipinski definition) is 0. The molecule has 0 aromatic rings. The normalized spacial score (nSPS) is 12.8. The molecule has 0 N–H and O–H groups in total. The minimum absolute atomic E-state index is 0.114. The largest absolute Gasteiger partial charge is 0.462 e. The van der Waals surface area contributed by atoms with E-state index in [1.165, 1.54) is 109 Å². The summed E-state index contributed by atoms with van der Waals surface area (Å²) in [5, 5.41) is 0. The van der Waals surface area contributed by atoms with E-state index in [4.69, 9.17) is 14.2 Å². The van der Waals surface area contributed by atoms with Crippen LogP contribution in [0.2, 0.25) is 0 Å². The zero-order chi connectivity index (χ0) is 45.1. The molecule has 0 saturated heterocycles. The van der Waals surface area contributed by atoms with E-state index in [0.29, 0.717) is 25.7 Å². The van der Waals surface area contributed by atoms with Gasteiger partial charge in [-0.2, -0.15) is 0 Å². The first-order chi connectivity index (χ1) is 30.5. The van der Waals surface area contributed by atoms with Crippen molar-refractivity contribution in [3.8, 4) is 0 Å². The van der Waals surface area contributed by atoms with Gasteiger partial charge in [-0.3, -0.25) is 14.4 Å². The fraction of sp³-hybridized carbons (Fsp3) is 0.696. The molecule has 62 heavy (non-hydrogen) atoms. The van der Waals surface area contributed by atoms with Crippen molar-refractivity contribution in [2.24, 2.45) is 0 Å². The molecular weight excluding hydrogens is 769 g/mol. The molecule has 6 heteroatoms. The van der Waals surface area contributed by atoms with Crippen LogP contribution in [0, 0.1) is 0 Å². The van der Waals surface area contributed by atoms with Crippen molar-refractivity contribution < 1.29 is 28.6 Å². The molecule has 0 radical (unpaired) electrons. The van der Waals surface area contributed by atoms with Gasteiger partial charge in [-0.05, 0) is 77.0 Å². The number of hydrogen-bond acceptors (Lipinski definition) is 6. The smallest absolute Gasteiger partial charge is 0.306 e. The number of carbonyl (C=O) groups excluding carboxylic acids is 3. The standard InChI is InChI=1S/C56H94O6/c1-4-7-10-13-16-19-21-23-25-27-28-29-31-32-34-37-40-43-46-49-55(58)61-52-53(51-60-54(57)48-45-42-39-36-18-15-12-9-6-3)62-56(59)50-47-44-41-38-35-33-30-26-24-22-20-17-14-11-8-5-2/h7,10,16,19,23,25,28-29,32,34,36,39-40,43,53H,4-6,8-9,11-15,17-18,20-22,24,26-27,30-31,33,35,37-38,41-42,44-52H2,1-3H3/b10-7-,19-16-,25-23-,29-28-,34-32-,39-36-,43-40-. The summed E-state index contributed by atoms with van der Waals surface area (Å²) in [7, 11) is 0. The molecule has 0 fully saturated rings. The summed E-state index contributed by atoms with van der Waals surface area (Å²) in [6.07, 6.45) is 64.5. The Kier molecular flexibility index (Phi) is 47.5. The minimum Gasteiger partial charge on any atom is -0.462 e. The van der Waals surface area contributed by atoms with Crippen molar-refractivity contribution >= 4 is 17.9 Å². The van der Waals surface area contributed by atoms with Gasteiger partial charge in [0.05, 0.1) is 0 Å². The summed E-state index contributed by atoms with van der Waals surface area (Å²) in [6.45, 7) is 6.40. The Balaban J connectivity index is 4.45. The predicted molar refractivity (Wildman–Crippen MR) is 265 cm³/mol. The van der Waals surface area contributed by atoms with Crippen LogP contribution in [-0.4, -0.2) is 37.2 Å². The first kappa shape index (κ1) is 58.6. The highest BCUT2D eigenvalue weighted by Gasteiger charge is 2.19. The highest BCUT2D eigenvalue weighted by molar-refractivity contribution is 5.71. The van der Waals surface area contributed by atoms with Crippen LogP contribution in [0.4, 0.5) is 0 Å². The summed E-state index contributed by atoms with van der Waals surface area (Å²) in [4.78, 5) is 37.8. The first-order valence-electron chi connectivity index (χ1n) is 25.6. The van der Waals surface area contributed by atoms with Crippen LogP contribution in [0.1, 0.15) is 233 Å². The van der Waals surface area contributed by atoms with E-state index in [0.717, 1.165) is 70.6 Å². The highest BCUT2D eigenvalue weighted by Crippen LogP contribution is 2.15. The number of esters is 3. The van der Waals surface area contributed by atoms with Gasteiger partial charge >= 0.3 is 17.9 Å². The van der Waals surface area contributed by atoms with Gasteiger partial charge in [-0.25, -0.2) is 0 Å². The Labute approximate surface area is 382 Å². The van der Waals surface area contributed by atoms with Crippen LogP contribution >= 0.6 is 0 Å². The Morgan fingerprint density at radius 1 is 0.339 bits per heavy atom. The lowest BCUT2D eigenvalue weighted by Crippen LogP contribution is -2.30. The van der Waals surface area contributed by atoms with Crippen LogP contribution in [0.5, 0.6) is 0 Å². The molecule has 0 aliphatic carbocycles. The molecule has 0 spiro atoms. The lowest BCUT2D eigenvalue weighted by Gasteiger charge is -2.18. The molecule has 6 nitrogen and oxygen atoms in total. The van der Waals surface area contributed by atoms with Gasteiger partial charge in [0.2, 0.25) is 0 Å². The second-order valence-electron chi connectivity index (χ2n) is 16.7. The SMILES string of the molecule is CC/C=C\C/C=C\C/C=C\C/C=C\C/C=C\C/C=C\CCC(=O)OCC(COC(=O)CCC/C=C\CCCCCC)OC(=O)CCCCCCCCCCCCCCCCCC. The van der Waals surface area contributed by atoms with Crippen LogP contribution in [-0.2, 0) is 28.6 Å². The van der Waals surface area contributed by atoms with E-state index >= 15 is 0 Å². The van der Waals surface area contributed by atoms with E-state index < -0.39 is 6.10 Å². The second-order valence-corrected chi connectivity index (χ2v) is 16.7. The topological polar surface area (TPSA) is 78.9 Å². The third-order valence-corrected chi connectivity index (χ3v) is 10.6. The fourth-order valence-corrected chi connectivity index (χ4v) is 6.82. The molecule has 1 atom stereocenters. The fourth-order valence-electron chi connectivity index (χ4n) is 6.82. The van der Waals surface area contributed by atoms with Gasteiger partial charge < -0.3 is 14.2 Å². The average Bonchev–Trinajstić information content (AvgIpc) is 3.27. The zero-order valence-corrected chi connectivity index (χ0v) is 40.4. The van der Waals surface area contributed by atoms with Crippen LogP contribution < -0.4 is 0 Å². The van der Waals surface area contributed by atoms with Crippen molar-refractivity contribution in [3.05, 3.63) is 85.1 Å². The van der Waals surface area contributed by atoms with Gasteiger partial charge in [0.15, 0.2) is 6.10 Å². The van der Waals surface area contributed by atoms with Crippen molar-refractivity contribution in [2.75, 3.05) is 13.2 Å². The summed E-state index contributed by atoms with van der Waals surface area (Å²) >= 11 is 0. The lowest BCUT2D eigenvalue weighted by molar-refractivity contribution is -0.166. The van der Waals surface area contributed by atoms with E-state index in [2.05, 4.69) is 93.7 Å². The molecular formula is C56H94O6.